The smallest absolute Gasteiger partial charge is 0.264 e. The Morgan fingerprint density at radius 1 is 1.14 bits per heavy atom. The molecule has 2 heterocycles. The molecule has 1 aliphatic rings. The summed E-state index contributed by atoms with van der Waals surface area (Å²) in [5.74, 6) is -0.430. The minimum Gasteiger partial charge on any atom is -0.465 e. The Hall–Kier alpha value is -3.15. The summed E-state index contributed by atoms with van der Waals surface area (Å²) >= 11 is 6.12. The number of allylic oxidation sites excluding steroid dienone is 1. The van der Waals surface area contributed by atoms with Gasteiger partial charge in [-0.05, 0) is 48.0 Å². The first kappa shape index (κ1) is 19.2. The lowest BCUT2D eigenvalue weighted by atomic mass is 9.90. The molecule has 0 bridgehead atoms. The number of ketones is 1. The van der Waals surface area contributed by atoms with Crippen molar-refractivity contribution in [3.05, 3.63) is 94.9 Å². The molecule has 146 valence electrons. The van der Waals surface area contributed by atoms with Crippen molar-refractivity contribution in [3.63, 3.8) is 0 Å². The predicted octanol–water partition coefficient (Wildman–Crippen LogP) is 4.34. The van der Waals surface area contributed by atoms with E-state index in [2.05, 4.69) is 0 Å². The first-order chi connectivity index (χ1) is 14.0. The summed E-state index contributed by atoms with van der Waals surface area (Å²) in [6.07, 6.45) is 3.92. The zero-order valence-electron chi connectivity index (χ0n) is 15.4. The molecule has 0 radical (unpaired) electrons. The van der Waals surface area contributed by atoms with Crippen LogP contribution in [0, 0.1) is 0 Å². The molecule has 29 heavy (non-hydrogen) atoms. The molecule has 3 aromatic rings. The van der Waals surface area contributed by atoms with Gasteiger partial charge in [-0.25, -0.2) is 0 Å². The summed E-state index contributed by atoms with van der Waals surface area (Å²) in [5, 5.41) is 11.7. The van der Waals surface area contributed by atoms with Crippen LogP contribution in [0.3, 0.4) is 0 Å². The van der Waals surface area contributed by atoms with Crippen LogP contribution in [-0.2, 0) is 21.7 Å². The number of halogens is 1. The molecule has 5 nitrogen and oxygen atoms in total. The van der Waals surface area contributed by atoms with E-state index >= 15 is 0 Å². The van der Waals surface area contributed by atoms with Crippen LogP contribution in [0.2, 0.25) is 5.02 Å². The standard InChI is InChI=1S/C23H18ClNO4/c24-17-8-11-21-20(13-17)23(28,14-18(26)9-10-19-7-4-12-29-19)22(27)25(21)15-16-5-2-1-3-6-16/h1-13,28H,14-15H2/b10-9+/t23-/m0/s1. The van der Waals surface area contributed by atoms with E-state index in [1.165, 1.54) is 23.3 Å². The second-order valence-electron chi connectivity index (χ2n) is 6.89. The highest BCUT2D eigenvalue weighted by molar-refractivity contribution is 6.31. The number of amides is 1. The predicted molar refractivity (Wildman–Crippen MR) is 110 cm³/mol. The number of hydrogen-bond acceptors (Lipinski definition) is 4. The van der Waals surface area contributed by atoms with E-state index in [0.717, 1.165) is 5.56 Å². The summed E-state index contributed by atoms with van der Waals surface area (Å²) < 4.78 is 5.16. The van der Waals surface area contributed by atoms with Crippen molar-refractivity contribution < 1.29 is 19.1 Å². The molecule has 0 aliphatic carbocycles. The molecule has 6 heteroatoms. The summed E-state index contributed by atoms with van der Waals surface area (Å²) in [6, 6.07) is 17.8. The molecule has 1 atom stereocenters. The normalized spacial score (nSPS) is 18.4. The van der Waals surface area contributed by atoms with E-state index in [1.807, 2.05) is 30.3 Å². The van der Waals surface area contributed by atoms with Crippen molar-refractivity contribution in [1.82, 2.24) is 0 Å². The van der Waals surface area contributed by atoms with Crippen molar-refractivity contribution >= 4 is 35.1 Å². The van der Waals surface area contributed by atoms with Crippen molar-refractivity contribution in [2.24, 2.45) is 0 Å². The third kappa shape index (κ3) is 3.75. The lowest BCUT2D eigenvalue weighted by molar-refractivity contribution is -0.140. The quantitative estimate of drug-likeness (QED) is 0.617. The van der Waals surface area contributed by atoms with Gasteiger partial charge in [0.25, 0.3) is 5.91 Å². The van der Waals surface area contributed by atoms with E-state index in [4.69, 9.17) is 16.0 Å². The highest BCUT2D eigenvalue weighted by Crippen LogP contribution is 2.44. The third-order valence-electron chi connectivity index (χ3n) is 4.88. The molecule has 0 saturated heterocycles. The van der Waals surface area contributed by atoms with Crippen molar-refractivity contribution in [2.45, 2.75) is 18.6 Å². The zero-order valence-corrected chi connectivity index (χ0v) is 16.2. The van der Waals surface area contributed by atoms with E-state index in [0.29, 0.717) is 22.0 Å². The van der Waals surface area contributed by atoms with Crippen molar-refractivity contribution in [3.8, 4) is 0 Å². The average Bonchev–Trinajstić information content (AvgIpc) is 3.30. The van der Waals surface area contributed by atoms with Gasteiger partial charge in [0.1, 0.15) is 5.76 Å². The van der Waals surface area contributed by atoms with Gasteiger partial charge in [-0.3, -0.25) is 9.59 Å². The van der Waals surface area contributed by atoms with Crippen LogP contribution in [0.5, 0.6) is 0 Å². The fourth-order valence-electron chi connectivity index (χ4n) is 3.49. The summed E-state index contributed by atoms with van der Waals surface area (Å²) in [6.45, 7) is 0.285. The Kier molecular flexibility index (Phi) is 5.09. The van der Waals surface area contributed by atoms with Crippen LogP contribution < -0.4 is 4.90 Å². The fraction of sp³-hybridized carbons (Fsp3) is 0.130. The molecule has 4 rings (SSSR count). The van der Waals surface area contributed by atoms with Crippen LogP contribution >= 0.6 is 11.6 Å². The summed E-state index contributed by atoms with van der Waals surface area (Å²) in [4.78, 5) is 27.2. The van der Waals surface area contributed by atoms with Gasteiger partial charge in [0.05, 0.1) is 24.9 Å². The molecule has 0 unspecified atom stereocenters. The van der Waals surface area contributed by atoms with E-state index in [1.54, 1.807) is 30.3 Å². The minimum atomic E-state index is -1.97. The lowest BCUT2D eigenvalue weighted by Gasteiger charge is -2.22. The highest BCUT2D eigenvalue weighted by atomic mass is 35.5. The van der Waals surface area contributed by atoms with Gasteiger partial charge in [0.15, 0.2) is 11.4 Å². The average molecular weight is 408 g/mol. The van der Waals surface area contributed by atoms with E-state index in [-0.39, 0.29) is 13.0 Å². The number of anilines is 1. The second-order valence-corrected chi connectivity index (χ2v) is 7.33. The van der Waals surface area contributed by atoms with Gasteiger partial charge in [-0.2, -0.15) is 0 Å². The first-order valence-corrected chi connectivity index (χ1v) is 9.48. The molecule has 1 N–H and O–H groups in total. The monoisotopic (exact) mass is 407 g/mol. The van der Waals surface area contributed by atoms with Gasteiger partial charge in [-0.15, -0.1) is 0 Å². The van der Waals surface area contributed by atoms with Crippen LogP contribution in [-0.4, -0.2) is 16.8 Å². The number of aliphatic hydroxyl groups is 1. The SMILES string of the molecule is O=C(/C=C/c1ccco1)C[C@@]1(O)C(=O)N(Cc2ccccc2)c2ccc(Cl)cc21. The summed E-state index contributed by atoms with van der Waals surface area (Å²) in [7, 11) is 0. The second kappa shape index (κ2) is 7.70. The first-order valence-electron chi connectivity index (χ1n) is 9.10. The molecule has 1 amide bonds. The Balaban J connectivity index is 1.64. The van der Waals surface area contributed by atoms with Crippen LogP contribution in [0.15, 0.2) is 77.4 Å². The molecular weight excluding hydrogens is 390 g/mol. The summed E-state index contributed by atoms with van der Waals surface area (Å²) in [5.41, 5.74) is -0.172. The van der Waals surface area contributed by atoms with Gasteiger partial charge < -0.3 is 14.4 Å². The lowest BCUT2D eigenvalue weighted by Crippen LogP contribution is -2.41. The van der Waals surface area contributed by atoms with Gasteiger partial charge >= 0.3 is 0 Å². The molecule has 1 aliphatic heterocycles. The maximum Gasteiger partial charge on any atom is 0.264 e. The van der Waals surface area contributed by atoms with Crippen LogP contribution in [0.4, 0.5) is 5.69 Å². The number of carbonyl (C=O) groups is 2. The number of rotatable bonds is 6. The Bertz CT molecular complexity index is 1080. The number of carbonyl (C=O) groups excluding carboxylic acids is 2. The van der Waals surface area contributed by atoms with Gasteiger partial charge in [0.2, 0.25) is 0 Å². The number of fused-ring (bicyclic) bond motifs is 1. The Morgan fingerprint density at radius 2 is 1.93 bits per heavy atom. The molecule has 0 fully saturated rings. The number of benzene rings is 2. The molecule has 2 aromatic carbocycles. The molecule has 0 spiro atoms. The maximum absolute atomic E-state index is 13.2. The third-order valence-corrected chi connectivity index (χ3v) is 5.12. The maximum atomic E-state index is 13.2. The minimum absolute atomic E-state index is 0.285. The topological polar surface area (TPSA) is 70.7 Å². The Labute approximate surface area is 172 Å². The van der Waals surface area contributed by atoms with Crippen LogP contribution in [0.25, 0.3) is 6.08 Å². The van der Waals surface area contributed by atoms with Crippen molar-refractivity contribution in [2.75, 3.05) is 4.90 Å². The highest BCUT2D eigenvalue weighted by Gasteiger charge is 2.50. The number of hydrogen-bond donors (Lipinski definition) is 1. The van der Waals surface area contributed by atoms with Gasteiger partial charge in [-0.1, -0.05) is 41.9 Å². The van der Waals surface area contributed by atoms with Gasteiger partial charge in [0, 0.05) is 10.6 Å². The Morgan fingerprint density at radius 3 is 2.66 bits per heavy atom. The van der Waals surface area contributed by atoms with Crippen LogP contribution in [0.1, 0.15) is 23.3 Å². The largest absolute Gasteiger partial charge is 0.465 e. The number of nitrogens with zero attached hydrogens (tertiary/aromatic N) is 1. The zero-order chi connectivity index (χ0) is 20.4. The molecule has 0 saturated carbocycles. The van der Waals surface area contributed by atoms with E-state index in [9.17, 15) is 14.7 Å². The molecule has 1 aromatic heterocycles. The van der Waals surface area contributed by atoms with Crippen molar-refractivity contribution in [1.29, 1.82) is 0 Å². The van der Waals surface area contributed by atoms with E-state index < -0.39 is 17.3 Å². The molecular formula is C23H18ClNO4. The fourth-order valence-corrected chi connectivity index (χ4v) is 3.66. The number of furan rings is 1.